The molecular formula is C15H21N3S. The molecule has 0 amide bonds. The predicted octanol–water partition coefficient (Wildman–Crippen LogP) is 3.07. The zero-order valence-electron chi connectivity index (χ0n) is 11.3. The third-order valence-corrected chi connectivity index (χ3v) is 3.92. The second-order valence-electron chi connectivity index (χ2n) is 4.60. The second kappa shape index (κ2) is 7.36. The number of rotatable bonds is 7. The Balaban J connectivity index is 2.02. The van der Waals surface area contributed by atoms with Crippen LogP contribution >= 0.6 is 11.8 Å². The van der Waals surface area contributed by atoms with Crippen molar-refractivity contribution in [3.8, 4) is 0 Å². The third kappa shape index (κ3) is 3.85. The van der Waals surface area contributed by atoms with Crippen LogP contribution in [0.4, 0.5) is 0 Å². The summed E-state index contributed by atoms with van der Waals surface area (Å²) in [5, 5.41) is 0. The zero-order valence-corrected chi connectivity index (χ0v) is 12.1. The average molecular weight is 275 g/mol. The Hall–Kier alpha value is -1.26. The lowest BCUT2D eigenvalue weighted by Crippen LogP contribution is -2.16. The zero-order chi connectivity index (χ0) is 13.5. The van der Waals surface area contributed by atoms with Gasteiger partial charge in [0.05, 0.1) is 24.3 Å². The lowest BCUT2D eigenvalue weighted by Gasteiger charge is -2.15. The van der Waals surface area contributed by atoms with Crippen LogP contribution in [0.2, 0.25) is 0 Å². The minimum atomic E-state index is -0.0933. The Morgan fingerprint density at radius 2 is 2.05 bits per heavy atom. The quantitative estimate of drug-likeness (QED) is 0.790. The van der Waals surface area contributed by atoms with Crippen LogP contribution in [-0.4, -0.2) is 21.6 Å². The highest BCUT2D eigenvalue weighted by Gasteiger charge is 2.13. The molecule has 1 heterocycles. The van der Waals surface area contributed by atoms with Gasteiger partial charge in [0.2, 0.25) is 0 Å². The smallest absolute Gasteiger partial charge is 0.0948 e. The summed E-state index contributed by atoms with van der Waals surface area (Å²) in [5.41, 5.74) is 8.55. The van der Waals surface area contributed by atoms with Crippen LogP contribution in [0.1, 0.15) is 30.1 Å². The number of thioether (sulfide) groups is 1. The van der Waals surface area contributed by atoms with Crippen LogP contribution in [-0.2, 0) is 6.54 Å². The number of aryl methyl sites for hydroxylation is 1. The first-order chi connectivity index (χ1) is 9.33. The summed E-state index contributed by atoms with van der Waals surface area (Å²) in [5.74, 6) is 1.22. The molecule has 0 aliphatic rings. The minimum absolute atomic E-state index is 0.0933. The van der Waals surface area contributed by atoms with Crippen LogP contribution in [0.15, 0.2) is 42.9 Å². The maximum atomic E-state index is 6.33. The van der Waals surface area contributed by atoms with E-state index in [1.54, 1.807) is 0 Å². The number of unbranched alkanes of at least 4 members (excludes halogenated alkanes) is 1. The van der Waals surface area contributed by atoms with Gasteiger partial charge in [-0.05, 0) is 30.4 Å². The highest BCUT2D eigenvalue weighted by Crippen LogP contribution is 2.19. The van der Waals surface area contributed by atoms with Crippen molar-refractivity contribution in [2.45, 2.75) is 25.4 Å². The molecule has 0 fully saturated rings. The molecule has 1 aromatic carbocycles. The van der Waals surface area contributed by atoms with E-state index in [0.29, 0.717) is 0 Å². The Morgan fingerprint density at radius 1 is 1.26 bits per heavy atom. The predicted molar refractivity (Wildman–Crippen MR) is 82.3 cm³/mol. The van der Waals surface area contributed by atoms with Gasteiger partial charge in [-0.15, -0.1) is 0 Å². The lowest BCUT2D eigenvalue weighted by atomic mass is 10.1. The fraction of sp³-hybridized carbons (Fsp3) is 0.400. The summed E-state index contributed by atoms with van der Waals surface area (Å²) in [7, 11) is 0. The van der Waals surface area contributed by atoms with Gasteiger partial charge in [0.25, 0.3) is 0 Å². The minimum Gasteiger partial charge on any atom is -0.333 e. The van der Waals surface area contributed by atoms with Crippen molar-refractivity contribution < 1.29 is 0 Å². The molecule has 102 valence electrons. The van der Waals surface area contributed by atoms with Crippen LogP contribution < -0.4 is 5.73 Å². The van der Waals surface area contributed by atoms with E-state index in [1.807, 2.05) is 42.5 Å². The monoisotopic (exact) mass is 275 g/mol. The highest BCUT2D eigenvalue weighted by molar-refractivity contribution is 7.98. The standard InChI is InChI=1S/C15H21N3S/c1-19-10-6-5-9-18-12-17-11-14(18)15(16)13-7-3-2-4-8-13/h2-4,7-8,11-12,15H,5-6,9-10,16H2,1H3. The average Bonchev–Trinajstić information content (AvgIpc) is 2.92. The van der Waals surface area contributed by atoms with Crippen molar-refractivity contribution in [2.75, 3.05) is 12.0 Å². The van der Waals surface area contributed by atoms with Crippen LogP contribution in [0, 0.1) is 0 Å². The molecule has 0 saturated carbocycles. The first-order valence-corrected chi connectivity index (χ1v) is 8.02. The van der Waals surface area contributed by atoms with Crippen molar-refractivity contribution in [1.82, 2.24) is 9.55 Å². The van der Waals surface area contributed by atoms with Gasteiger partial charge < -0.3 is 10.3 Å². The number of nitrogens with zero attached hydrogens (tertiary/aromatic N) is 2. The van der Waals surface area contributed by atoms with Crippen molar-refractivity contribution in [2.24, 2.45) is 5.73 Å². The lowest BCUT2D eigenvalue weighted by molar-refractivity contribution is 0.596. The van der Waals surface area contributed by atoms with E-state index in [9.17, 15) is 0 Å². The molecule has 0 bridgehead atoms. The normalized spacial score (nSPS) is 12.5. The number of aromatic nitrogens is 2. The molecular weight excluding hydrogens is 254 g/mol. The number of hydrogen-bond acceptors (Lipinski definition) is 3. The van der Waals surface area contributed by atoms with E-state index >= 15 is 0 Å². The van der Waals surface area contributed by atoms with Gasteiger partial charge in [0.1, 0.15) is 0 Å². The number of imidazole rings is 1. The summed E-state index contributed by atoms with van der Waals surface area (Å²) >= 11 is 1.90. The summed E-state index contributed by atoms with van der Waals surface area (Å²) in [6.45, 7) is 0.996. The topological polar surface area (TPSA) is 43.8 Å². The summed E-state index contributed by atoms with van der Waals surface area (Å²) < 4.78 is 2.18. The van der Waals surface area contributed by atoms with Crippen molar-refractivity contribution in [3.05, 3.63) is 54.1 Å². The van der Waals surface area contributed by atoms with Gasteiger partial charge in [-0.25, -0.2) is 4.98 Å². The summed E-state index contributed by atoms with van der Waals surface area (Å²) in [4.78, 5) is 4.25. The number of nitrogens with two attached hydrogens (primary N) is 1. The fourth-order valence-electron chi connectivity index (χ4n) is 2.14. The third-order valence-electron chi connectivity index (χ3n) is 3.22. The molecule has 1 atom stereocenters. The maximum absolute atomic E-state index is 6.33. The van der Waals surface area contributed by atoms with Crippen molar-refractivity contribution in [1.29, 1.82) is 0 Å². The molecule has 0 aliphatic heterocycles. The van der Waals surface area contributed by atoms with E-state index in [-0.39, 0.29) is 6.04 Å². The molecule has 1 unspecified atom stereocenters. The molecule has 1 aromatic heterocycles. The van der Waals surface area contributed by atoms with Gasteiger partial charge in [0, 0.05) is 6.54 Å². The molecule has 0 spiro atoms. The maximum Gasteiger partial charge on any atom is 0.0948 e. The van der Waals surface area contributed by atoms with Gasteiger partial charge in [-0.2, -0.15) is 11.8 Å². The second-order valence-corrected chi connectivity index (χ2v) is 5.59. The van der Waals surface area contributed by atoms with Crippen LogP contribution in [0.25, 0.3) is 0 Å². The van der Waals surface area contributed by atoms with Crippen molar-refractivity contribution >= 4 is 11.8 Å². The Morgan fingerprint density at radius 3 is 2.79 bits per heavy atom. The molecule has 2 N–H and O–H groups in total. The van der Waals surface area contributed by atoms with E-state index in [4.69, 9.17) is 5.73 Å². The SMILES string of the molecule is CSCCCCn1cncc1C(N)c1ccccc1. The van der Waals surface area contributed by atoms with Gasteiger partial charge >= 0.3 is 0 Å². The number of benzene rings is 1. The first kappa shape index (κ1) is 14.2. The first-order valence-electron chi connectivity index (χ1n) is 6.62. The molecule has 4 heteroatoms. The van der Waals surface area contributed by atoms with E-state index in [2.05, 4.69) is 27.9 Å². The highest BCUT2D eigenvalue weighted by atomic mass is 32.2. The van der Waals surface area contributed by atoms with E-state index in [0.717, 1.165) is 17.8 Å². The molecule has 2 aromatic rings. The molecule has 19 heavy (non-hydrogen) atoms. The molecule has 3 nitrogen and oxygen atoms in total. The van der Waals surface area contributed by atoms with E-state index < -0.39 is 0 Å². The number of hydrogen-bond donors (Lipinski definition) is 1. The van der Waals surface area contributed by atoms with Crippen LogP contribution in [0.3, 0.4) is 0 Å². The largest absolute Gasteiger partial charge is 0.333 e. The van der Waals surface area contributed by atoms with Gasteiger partial charge in [-0.3, -0.25) is 0 Å². The summed E-state index contributed by atoms with van der Waals surface area (Å²) in [6.07, 6.45) is 8.32. The van der Waals surface area contributed by atoms with E-state index in [1.165, 1.54) is 18.6 Å². The Labute approximate surface area is 119 Å². The van der Waals surface area contributed by atoms with Crippen LogP contribution in [0.5, 0.6) is 0 Å². The van der Waals surface area contributed by atoms with Crippen molar-refractivity contribution in [3.63, 3.8) is 0 Å². The molecule has 0 saturated heterocycles. The van der Waals surface area contributed by atoms with Gasteiger partial charge in [0.15, 0.2) is 0 Å². The Bertz CT molecular complexity index is 481. The Kier molecular flexibility index (Phi) is 5.48. The molecule has 0 aliphatic carbocycles. The molecule has 0 radical (unpaired) electrons. The van der Waals surface area contributed by atoms with Gasteiger partial charge in [-0.1, -0.05) is 30.3 Å². The molecule has 2 rings (SSSR count). The summed E-state index contributed by atoms with van der Waals surface area (Å²) in [6, 6.07) is 10.1. The fourth-order valence-corrected chi connectivity index (χ4v) is 2.63.